The summed E-state index contributed by atoms with van der Waals surface area (Å²) in [6, 6.07) is 20.8. The minimum Gasteiger partial charge on any atom is -0.497 e. The molecule has 4 heterocycles. The van der Waals surface area contributed by atoms with Crippen molar-refractivity contribution in [1.29, 1.82) is 0 Å². The molecule has 264 valence electrons. The first-order valence-corrected chi connectivity index (χ1v) is 20.5. The molecular weight excluding hydrogens is 653 g/mol. The van der Waals surface area contributed by atoms with Crippen LogP contribution < -0.4 is 19.9 Å². The third kappa shape index (κ3) is 5.82. The molecule has 3 aromatic rings. The number of methoxy groups -OCH3 is 1. The van der Waals surface area contributed by atoms with Crippen LogP contribution in [0.5, 0.6) is 5.75 Å². The van der Waals surface area contributed by atoms with E-state index in [1.54, 1.807) is 21.8 Å². The number of aliphatic hydroxyl groups excluding tert-OH is 1. The Morgan fingerprint density at radius 1 is 1.08 bits per heavy atom. The second-order valence-corrected chi connectivity index (χ2v) is 18.5. The van der Waals surface area contributed by atoms with Gasteiger partial charge in [0.2, 0.25) is 11.8 Å². The number of rotatable bonds is 8. The monoisotopic (exact) mass is 698 g/mol. The highest BCUT2D eigenvalue weighted by Crippen LogP contribution is 2.60. The van der Waals surface area contributed by atoms with E-state index < -0.39 is 31.5 Å². The van der Waals surface area contributed by atoms with E-state index in [2.05, 4.69) is 5.32 Å². The third-order valence-electron chi connectivity index (χ3n) is 11.1. The number of hydrogen-bond acceptors (Lipinski definition) is 8. The lowest BCUT2D eigenvalue weighted by Gasteiger charge is -2.37. The average Bonchev–Trinajstić information content (AvgIpc) is 3.53. The summed E-state index contributed by atoms with van der Waals surface area (Å²) in [4.78, 5) is 58.8. The number of carbonyl (C=O) groups excluding carboxylic acids is 3. The first kappa shape index (κ1) is 34.4. The second kappa shape index (κ2) is 13.2. The van der Waals surface area contributed by atoms with Crippen LogP contribution in [0.3, 0.4) is 0 Å². The molecule has 4 aliphatic rings. The number of carbonyl (C=O) groups is 3. The largest absolute Gasteiger partial charge is 0.497 e. The van der Waals surface area contributed by atoms with Crippen molar-refractivity contribution in [3.8, 4) is 5.75 Å². The summed E-state index contributed by atoms with van der Waals surface area (Å²) in [6.45, 7) is 7.63. The molecule has 0 aromatic heterocycles. The van der Waals surface area contributed by atoms with Gasteiger partial charge < -0.3 is 39.4 Å². The van der Waals surface area contributed by atoms with Crippen molar-refractivity contribution in [2.45, 2.75) is 69.2 Å². The van der Waals surface area contributed by atoms with E-state index in [-0.39, 0.29) is 49.9 Å². The smallest absolute Gasteiger partial charge is 0.264 e. The first-order valence-electron chi connectivity index (χ1n) is 17.4. The summed E-state index contributed by atoms with van der Waals surface area (Å²) in [7, 11) is -1.46. The maximum atomic E-state index is 15.0. The van der Waals surface area contributed by atoms with Crippen LogP contribution in [0.4, 0.5) is 11.4 Å². The first-order chi connectivity index (χ1) is 24.0. The lowest BCUT2D eigenvalue weighted by molar-refractivity contribution is -0.151. The van der Waals surface area contributed by atoms with Crippen LogP contribution in [0.15, 0.2) is 66.7 Å². The van der Waals surface area contributed by atoms with Crippen molar-refractivity contribution in [1.82, 2.24) is 10.2 Å². The molecule has 0 aliphatic carbocycles. The van der Waals surface area contributed by atoms with Gasteiger partial charge in [0.15, 0.2) is 13.9 Å². The summed E-state index contributed by atoms with van der Waals surface area (Å²) < 4.78 is 12.6. The number of aliphatic hydroxyl groups is 1. The predicted molar refractivity (Wildman–Crippen MR) is 191 cm³/mol. The van der Waals surface area contributed by atoms with Gasteiger partial charge in [-0.15, -0.1) is 0 Å². The molecular formula is C38H46N4O7Si. The molecule has 4 aliphatic heterocycles. The minimum absolute atomic E-state index is 0.00305. The van der Waals surface area contributed by atoms with Gasteiger partial charge in [0, 0.05) is 42.3 Å². The van der Waals surface area contributed by atoms with E-state index in [1.165, 1.54) is 0 Å². The quantitative estimate of drug-likeness (QED) is 0.306. The van der Waals surface area contributed by atoms with Gasteiger partial charge in [-0.25, -0.2) is 0 Å². The molecule has 0 radical (unpaired) electrons. The van der Waals surface area contributed by atoms with Gasteiger partial charge in [-0.2, -0.15) is 0 Å². The summed E-state index contributed by atoms with van der Waals surface area (Å²) in [5.41, 5.74) is 3.24. The number of ether oxygens (including phenoxy) is 2. The fraction of sp³-hybridized carbons (Fsp3) is 0.447. The van der Waals surface area contributed by atoms with Crippen molar-refractivity contribution in [2.24, 2.45) is 5.92 Å². The number of fused-ring (bicyclic) bond motifs is 3. The van der Waals surface area contributed by atoms with Crippen LogP contribution in [0, 0.1) is 5.92 Å². The third-order valence-corrected chi connectivity index (χ3v) is 13.6. The fourth-order valence-corrected chi connectivity index (χ4v) is 11.3. The topological polar surface area (TPSA) is 132 Å². The van der Waals surface area contributed by atoms with Crippen LogP contribution >= 0.6 is 0 Å². The van der Waals surface area contributed by atoms with E-state index in [4.69, 9.17) is 9.47 Å². The van der Waals surface area contributed by atoms with Crippen molar-refractivity contribution < 1.29 is 33.8 Å². The molecule has 1 spiro atoms. The van der Waals surface area contributed by atoms with Gasteiger partial charge in [-0.3, -0.25) is 14.4 Å². The molecule has 12 heteroatoms. The van der Waals surface area contributed by atoms with E-state index in [1.807, 2.05) is 86.7 Å². The number of piperazine rings is 1. The number of anilines is 2. The fourth-order valence-electron chi connectivity index (χ4n) is 8.76. The number of nitrogens with zero attached hydrogens (tertiary/aromatic N) is 3. The summed E-state index contributed by atoms with van der Waals surface area (Å²) in [6.07, 6.45) is -0.205. The standard InChI is InChI=1S/C38H46N4O7Si/c1-24-36(50(3,4)47)33(19-34(44)41-22-27-10-6-5-9-26(27)17-29(41)23-43)49-38(24)31-18-30(48-2)12-13-32(31)42(37(38)46)21-25-8-7-11-28(16-25)40-15-14-39-20-35(40)45/h5-13,16,18,24,29,33,36,39,43,47H,14-15,17,19-23H2,1-4H3/t24-,29-,33+,36-,38+/m0/s1. The highest BCUT2D eigenvalue weighted by Gasteiger charge is 2.66. The van der Waals surface area contributed by atoms with Crippen LogP contribution in [0.2, 0.25) is 18.6 Å². The molecule has 2 saturated heterocycles. The van der Waals surface area contributed by atoms with Crippen LogP contribution in [-0.4, -0.2) is 86.3 Å². The molecule has 0 bridgehead atoms. The maximum absolute atomic E-state index is 15.0. The van der Waals surface area contributed by atoms with Gasteiger partial charge in [0.05, 0.1) is 51.1 Å². The zero-order valence-electron chi connectivity index (χ0n) is 29.1. The summed E-state index contributed by atoms with van der Waals surface area (Å²) >= 11 is 0. The van der Waals surface area contributed by atoms with Crippen molar-refractivity contribution in [3.05, 3.63) is 89.0 Å². The molecule has 3 aromatic carbocycles. The van der Waals surface area contributed by atoms with Gasteiger partial charge in [-0.1, -0.05) is 43.3 Å². The number of nitrogens with one attached hydrogen (secondary N) is 1. The molecule has 0 saturated carbocycles. The summed E-state index contributed by atoms with van der Waals surface area (Å²) in [5, 5.41) is 13.4. The minimum atomic E-state index is -3.04. The molecule has 50 heavy (non-hydrogen) atoms. The van der Waals surface area contributed by atoms with Crippen LogP contribution in [0.25, 0.3) is 0 Å². The number of hydrogen-bond donors (Lipinski definition) is 3. The number of benzene rings is 3. The Kier molecular flexibility index (Phi) is 9.10. The Hall–Kier alpha value is -4.07. The lowest BCUT2D eigenvalue weighted by Crippen LogP contribution is -2.48. The molecule has 5 atom stereocenters. The van der Waals surface area contributed by atoms with Gasteiger partial charge >= 0.3 is 0 Å². The van der Waals surface area contributed by atoms with Gasteiger partial charge in [-0.05, 0) is 66.5 Å². The molecule has 7 rings (SSSR count). The predicted octanol–water partition coefficient (Wildman–Crippen LogP) is 3.31. The van der Waals surface area contributed by atoms with Crippen molar-refractivity contribution in [3.63, 3.8) is 0 Å². The Morgan fingerprint density at radius 2 is 1.86 bits per heavy atom. The normalized spacial score (nSPS) is 26.4. The van der Waals surface area contributed by atoms with E-state index in [9.17, 15) is 24.3 Å². The van der Waals surface area contributed by atoms with E-state index in [0.29, 0.717) is 43.1 Å². The Bertz CT molecular complexity index is 1810. The molecule has 2 fully saturated rings. The molecule has 3 amide bonds. The van der Waals surface area contributed by atoms with E-state index >= 15 is 0 Å². The Labute approximate surface area is 293 Å². The Morgan fingerprint density at radius 3 is 2.58 bits per heavy atom. The Balaban J connectivity index is 1.22. The van der Waals surface area contributed by atoms with Gasteiger partial charge in [0.1, 0.15) is 5.75 Å². The average molecular weight is 699 g/mol. The zero-order valence-corrected chi connectivity index (χ0v) is 30.1. The van der Waals surface area contributed by atoms with Crippen molar-refractivity contribution >= 4 is 37.4 Å². The number of amides is 3. The zero-order chi connectivity index (χ0) is 35.4. The SMILES string of the molecule is COc1ccc2c(c1)[C@@]1(O[C@H](CC(=O)N3Cc4ccccc4C[C@H]3CO)[C@@H]([Si](C)(C)O)[C@@H]1C)C(=O)N2Cc1cccc(N2CCNCC2=O)c1. The summed E-state index contributed by atoms with van der Waals surface area (Å²) in [5.74, 6) is -0.326. The van der Waals surface area contributed by atoms with E-state index in [0.717, 1.165) is 22.4 Å². The highest BCUT2D eigenvalue weighted by molar-refractivity contribution is 6.71. The molecule has 11 nitrogen and oxygen atoms in total. The second-order valence-electron chi connectivity index (χ2n) is 14.6. The van der Waals surface area contributed by atoms with Crippen LogP contribution in [-0.2, 0) is 44.2 Å². The van der Waals surface area contributed by atoms with Crippen molar-refractivity contribution in [2.75, 3.05) is 43.2 Å². The highest BCUT2D eigenvalue weighted by atomic mass is 28.4. The lowest BCUT2D eigenvalue weighted by atomic mass is 9.82. The molecule has 3 N–H and O–H groups in total. The van der Waals surface area contributed by atoms with Crippen LogP contribution in [0.1, 0.15) is 35.6 Å². The molecule has 0 unspecified atom stereocenters. The van der Waals surface area contributed by atoms with Gasteiger partial charge in [0.25, 0.3) is 5.91 Å². The maximum Gasteiger partial charge on any atom is 0.264 e.